The standard InChI is InChI=1S/C18H20N2O2/c1-13-8-7-9-14(2)17(13)19-16(21)12-20(3)18(22)15-10-5-4-6-11-15/h4-11H,12H2,1-3H3,(H,19,21). The molecule has 0 unspecified atom stereocenters. The van der Waals surface area contributed by atoms with Crippen molar-refractivity contribution in [3.05, 3.63) is 65.2 Å². The smallest absolute Gasteiger partial charge is 0.254 e. The third kappa shape index (κ3) is 3.73. The maximum Gasteiger partial charge on any atom is 0.254 e. The van der Waals surface area contributed by atoms with Crippen molar-refractivity contribution in [1.29, 1.82) is 0 Å². The Balaban J connectivity index is 2.01. The summed E-state index contributed by atoms with van der Waals surface area (Å²) in [4.78, 5) is 25.8. The molecule has 0 saturated carbocycles. The molecule has 4 nitrogen and oxygen atoms in total. The van der Waals surface area contributed by atoms with Crippen LogP contribution in [0.1, 0.15) is 21.5 Å². The Hall–Kier alpha value is -2.62. The summed E-state index contributed by atoms with van der Waals surface area (Å²) in [6, 6.07) is 14.8. The van der Waals surface area contributed by atoms with Gasteiger partial charge in [-0.3, -0.25) is 9.59 Å². The van der Waals surface area contributed by atoms with Crippen molar-refractivity contribution in [3.63, 3.8) is 0 Å². The average molecular weight is 296 g/mol. The van der Waals surface area contributed by atoms with Crippen LogP contribution in [0.2, 0.25) is 0 Å². The first-order valence-corrected chi connectivity index (χ1v) is 7.15. The van der Waals surface area contributed by atoms with Crippen LogP contribution in [0.25, 0.3) is 0 Å². The molecule has 2 aromatic carbocycles. The van der Waals surface area contributed by atoms with Gasteiger partial charge in [-0.1, -0.05) is 36.4 Å². The molecule has 2 rings (SSSR count). The Bertz CT molecular complexity index is 660. The molecule has 0 spiro atoms. The van der Waals surface area contributed by atoms with Crippen molar-refractivity contribution in [2.75, 3.05) is 18.9 Å². The van der Waals surface area contributed by atoms with Crippen LogP contribution < -0.4 is 5.32 Å². The third-order valence-electron chi connectivity index (χ3n) is 3.49. The summed E-state index contributed by atoms with van der Waals surface area (Å²) in [6.45, 7) is 3.91. The molecule has 114 valence electrons. The van der Waals surface area contributed by atoms with Crippen molar-refractivity contribution in [2.45, 2.75) is 13.8 Å². The number of carbonyl (C=O) groups is 2. The molecule has 1 N–H and O–H groups in total. The van der Waals surface area contributed by atoms with Gasteiger partial charge in [-0.25, -0.2) is 0 Å². The average Bonchev–Trinajstić information content (AvgIpc) is 2.51. The summed E-state index contributed by atoms with van der Waals surface area (Å²) in [7, 11) is 1.62. The van der Waals surface area contributed by atoms with E-state index in [-0.39, 0.29) is 18.4 Å². The number of anilines is 1. The van der Waals surface area contributed by atoms with Gasteiger partial charge in [-0.05, 0) is 37.1 Å². The fourth-order valence-corrected chi connectivity index (χ4v) is 2.28. The van der Waals surface area contributed by atoms with Gasteiger partial charge in [0, 0.05) is 18.3 Å². The van der Waals surface area contributed by atoms with Gasteiger partial charge < -0.3 is 10.2 Å². The van der Waals surface area contributed by atoms with E-state index in [9.17, 15) is 9.59 Å². The zero-order valence-electron chi connectivity index (χ0n) is 13.1. The second kappa shape index (κ2) is 6.89. The van der Waals surface area contributed by atoms with Gasteiger partial charge in [0.25, 0.3) is 5.91 Å². The number of hydrogen-bond acceptors (Lipinski definition) is 2. The summed E-state index contributed by atoms with van der Waals surface area (Å²) in [5.41, 5.74) is 3.40. The lowest BCUT2D eigenvalue weighted by Crippen LogP contribution is -2.35. The summed E-state index contributed by atoms with van der Waals surface area (Å²) in [5, 5.41) is 2.88. The van der Waals surface area contributed by atoms with Crippen LogP contribution in [0.3, 0.4) is 0 Å². The minimum Gasteiger partial charge on any atom is -0.332 e. The molecular weight excluding hydrogens is 276 g/mol. The van der Waals surface area contributed by atoms with Crippen LogP contribution >= 0.6 is 0 Å². The van der Waals surface area contributed by atoms with Crippen molar-refractivity contribution in [1.82, 2.24) is 4.90 Å². The number of amides is 2. The maximum atomic E-state index is 12.2. The van der Waals surface area contributed by atoms with E-state index in [2.05, 4.69) is 5.32 Å². The zero-order chi connectivity index (χ0) is 16.1. The van der Waals surface area contributed by atoms with Gasteiger partial charge >= 0.3 is 0 Å². The van der Waals surface area contributed by atoms with Crippen LogP contribution in [0.15, 0.2) is 48.5 Å². The summed E-state index contributed by atoms with van der Waals surface area (Å²) in [6.07, 6.45) is 0. The van der Waals surface area contributed by atoms with E-state index in [1.54, 1.807) is 31.3 Å². The van der Waals surface area contributed by atoms with Crippen molar-refractivity contribution in [3.8, 4) is 0 Å². The Morgan fingerprint density at radius 3 is 2.14 bits per heavy atom. The number of likely N-dealkylation sites (N-methyl/N-ethyl adjacent to an activating group) is 1. The van der Waals surface area contributed by atoms with E-state index < -0.39 is 0 Å². The molecule has 2 amide bonds. The lowest BCUT2D eigenvalue weighted by molar-refractivity contribution is -0.116. The molecule has 0 aliphatic heterocycles. The van der Waals surface area contributed by atoms with Gasteiger partial charge in [0.05, 0.1) is 6.54 Å². The normalized spacial score (nSPS) is 10.1. The molecule has 0 radical (unpaired) electrons. The first kappa shape index (κ1) is 15.8. The number of nitrogens with zero attached hydrogens (tertiary/aromatic N) is 1. The Labute approximate surface area is 130 Å². The number of para-hydroxylation sites is 1. The number of hydrogen-bond donors (Lipinski definition) is 1. The molecule has 0 heterocycles. The highest BCUT2D eigenvalue weighted by atomic mass is 16.2. The molecule has 0 saturated heterocycles. The number of rotatable bonds is 4. The molecule has 0 aliphatic carbocycles. The van der Waals surface area contributed by atoms with E-state index in [1.165, 1.54) is 4.90 Å². The lowest BCUT2D eigenvalue weighted by atomic mass is 10.1. The molecule has 2 aromatic rings. The molecule has 4 heteroatoms. The summed E-state index contributed by atoms with van der Waals surface area (Å²) >= 11 is 0. The first-order chi connectivity index (χ1) is 10.5. The van der Waals surface area contributed by atoms with Gasteiger partial charge in [-0.2, -0.15) is 0 Å². The van der Waals surface area contributed by atoms with Crippen LogP contribution in [0.4, 0.5) is 5.69 Å². The van der Waals surface area contributed by atoms with E-state index in [0.717, 1.165) is 16.8 Å². The predicted octanol–water partition coefficient (Wildman–Crippen LogP) is 3.01. The second-order valence-electron chi connectivity index (χ2n) is 5.34. The Morgan fingerprint density at radius 1 is 0.955 bits per heavy atom. The second-order valence-corrected chi connectivity index (χ2v) is 5.34. The highest BCUT2D eigenvalue weighted by Gasteiger charge is 2.15. The van der Waals surface area contributed by atoms with Crippen LogP contribution in [-0.2, 0) is 4.79 Å². The van der Waals surface area contributed by atoms with Crippen LogP contribution in [0, 0.1) is 13.8 Å². The van der Waals surface area contributed by atoms with Gasteiger partial charge in [0.1, 0.15) is 0 Å². The van der Waals surface area contributed by atoms with Crippen molar-refractivity contribution in [2.24, 2.45) is 0 Å². The van der Waals surface area contributed by atoms with Crippen molar-refractivity contribution >= 4 is 17.5 Å². The number of nitrogens with one attached hydrogen (secondary N) is 1. The quantitative estimate of drug-likeness (QED) is 0.943. The largest absolute Gasteiger partial charge is 0.332 e. The maximum absolute atomic E-state index is 12.2. The van der Waals surface area contributed by atoms with Crippen LogP contribution in [-0.4, -0.2) is 30.3 Å². The number of benzene rings is 2. The summed E-state index contributed by atoms with van der Waals surface area (Å²) < 4.78 is 0. The molecule has 0 atom stereocenters. The van der Waals surface area contributed by atoms with E-state index in [1.807, 2.05) is 38.1 Å². The minimum atomic E-state index is -0.204. The van der Waals surface area contributed by atoms with E-state index >= 15 is 0 Å². The fourth-order valence-electron chi connectivity index (χ4n) is 2.28. The van der Waals surface area contributed by atoms with Crippen molar-refractivity contribution < 1.29 is 9.59 Å². The zero-order valence-corrected chi connectivity index (χ0v) is 13.1. The molecule has 0 aliphatic rings. The van der Waals surface area contributed by atoms with E-state index in [0.29, 0.717) is 5.56 Å². The van der Waals surface area contributed by atoms with Gasteiger partial charge in [0.2, 0.25) is 5.91 Å². The summed E-state index contributed by atoms with van der Waals surface area (Å²) in [5.74, 6) is -0.374. The number of aryl methyl sites for hydroxylation is 2. The predicted molar refractivity (Wildman–Crippen MR) is 87.9 cm³/mol. The first-order valence-electron chi connectivity index (χ1n) is 7.15. The highest BCUT2D eigenvalue weighted by Crippen LogP contribution is 2.19. The molecule has 0 bridgehead atoms. The monoisotopic (exact) mass is 296 g/mol. The van der Waals surface area contributed by atoms with Gasteiger partial charge in [-0.15, -0.1) is 0 Å². The SMILES string of the molecule is Cc1cccc(C)c1NC(=O)CN(C)C(=O)c1ccccc1. The van der Waals surface area contributed by atoms with Gasteiger partial charge in [0.15, 0.2) is 0 Å². The highest BCUT2D eigenvalue weighted by molar-refractivity contribution is 5.99. The fraction of sp³-hybridized carbons (Fsp3) is 0.222. The Morgan fingerprint density at radius 2 is 1.55 bits per heavy atom. The third-order valence-corrected chi connectivity index (χ3v) is 3.49. The van der Waals surface area contributed by atoms with E-state index in [4.69, 9.17) is 0 Å². The topological polar surface area (TPSA) is 49.4 Å². The molecule has 22 heavy (non-hydrogen) atoms. The number of carbonyl (C=O) groups excluding carboxylic acids is 2. The lowest BCUT2D eigenvalue weighted by Gasteiger charge is -2.18. The molecule has 0 fully saturated rings. The minimum absolute atomic E-state index is 0.0154. The Kier molecular flexibility index (Phi) is 4.94. The molecule has 0 aromatic heterocycles. The van der Waals surface area contributed by atoms with Crippen LogP contribution in [0.5, 0.6) is 0 Å². The molecular formula is C18H20N2O2.